The van der Waals surface area contributed by atoms with Crippen LogP contribution >= 0.6 is 11.3 Å². The van der Waals surface area contributed by atoms with Gasteiger partial charge in [0.25, 0.3) is 5.56 Å². The Labute approximate surface area is 115 Å². The number of hydrogen-bond donors (Lipinski definition) is 0. The van der Waals surface area contributed by atoms with Gasteiger partial charge in [-0.15, -0.1) is 11.3 Å². The average Bonchev–Trinajstić information content (AvgIpc) is 2.89. The summed E-state index contributed by atoms with van der Waals surface area (Å²) in [6, 6.07) is 12.0. The van der Waals surface area contributed by atoms with E-state index in [1.54, 1.807) is 4.57 Å². The molecule has 0 aliphatic heterocycles. The van der Waals surface area contributed by atoms with Crippen molar-refractivity contribution >= 4 is 21.6 Å². The molecule has 0 aliphatic rings. The standard InChI is InChI=1S/C15H14N2OS/c1-2-17-13(10-11-6-4-3-5-7-11)16-12-8-9-19-14(12)15(17)18/h3-9H,2,10H2,1H3. The topological polar surface area (TPSA) is 34.9 Å². The quantitative estimate of drug-likeness (QED) is 0.733. The first-order chi connectivity index (χ1) is 9.29. The molecule has 3 nitrogen and oxygen atoms in total. The molecule has 2 heterocycles. The second-order valence-corrected chi connectivity index (χ2v) is 5.29. The van der Waals surface area contributed by atoms with E-state index in [-0.39, 0.29) is 5.56 Å². The van der Waals surface area contributed by atoms with Crippen LogP contribution in [0, 0.1) is 0 Å². The summed E-state index contributed by atoms with van der Waals surface area (Å²) >= 11 is 1.46. The van der Waals surface area contributed by atoms with Gasteiger partial charge in [0, 0.05) is 13.0 Å². The fourth-order valence-electron chi connectivity index (χ4n) is 2.23. The van der Waals surface area contributed by atoms with E-state index in [0.29, 0.717) is 13.0 Å². The highest BCUT2D eigenvalue weighted by atomic mass is 32.1. The SMILES string of the molecule is CCn1c(Cc2ccccc2)nc2ccsc2c1=O. The predicted molar refractivity (Wildman–Crippen MR) is 78.8 cm³/mol. The van der Waals surface area contributed by atoms with Crippen LogP contribution in [-0.2, 0) is 13.0 Å². The molecule has 19 heavy (non-hydrogen) atoms. The summed E-state index contributed by atoms with van der Waals surface area (Å²) in [5.74, 6) is 0.838. The normalized spacial score (nSPS) is 11.0. The predicted octanol–water partition coefficient (Wildman–Crippen LogP) is 3.07. The van der Waals surface area contributed by atoms with Crippen molar-refractivity contribution in [2.45, 2.75) is 19.9 Å². The summed E-state index contributed by atoms with van der Waals surface area (Å²) in [5, 5.41) is 1.92. The molecule has 2 aromatic heterocycles. The van der Waals surface area contributed by atoms with Crippen molar-refractivity contribution in [2.24, 2.45) is 0 Å². The van der Waals surface area contributed by atoms with Crippen molar-refractivity contribution in [3.8, 4) is 0 Å². The van der Waals surface area contributed by atoms with Crippen molar-refractivity contribution in [3.05, 3.63) is 63.5 Å². The molecular formula is C15H14N2OS. The van der Waals surface area contributed by atoms with Crippen molar-refractivity contribution in [2.75, 3.05) is 0 Å². The molecule has 3 rings (SSSR count). The van der Waals surface area contributed by atoms with Gasteiger partial charge >= 0.3 is 0 Å². The van der Waals surface area contributed by atoms with E-state index in [0.717, 1.165) is 16.0 Å². The molecular weight excluding hydrogens is 256 g/mol. The molecule has 0 N–H and O–H groups in total. The summed E-state index contributed by atoms with van der Waals surface area (Å²) in [4.78, 5) is 17.0. The fraction of sp³-hybridized carbons (Fsp3) is 0.200. The lowest BCUT2D eigenvalue weighted by molar-refractivity contribution is 0.670. The second-order valence-electron chi connectivity index (χ2n) is 4.37. The molecule has 0 atom stereocenters. The van der Waals surface area contributed by atoms with Crippen LogP contribution in [0.15, 0.2) is 46.6 Å². The molecule has 4 heteroatoms. The molecule has 0 fully saturated rings. The van der Waals surface area contributed by atoms with Crippen LogP contribution in [0.3, 0.4) is 0 Å². The smallest absolute Gasteiger partial charge is 0.271 e. The van der Waals surface area contributed by atoms with Crippen molar-refractivity contribution in [1.29, 1.82) is 0 Å². The lowest BCUT2D eigenvalue weighted by Crippen LogP contribution is -2.24. The number of aromatic nitrogens is 2. The Morgan fingerprint density at radius 1 is 1.21 bits per heavy atom. The lowest BCUT2D eigenvalue weighted by atomic mass is 10.1. The zero-order valence-electron chi connectivity index (χ0n) is 10.7. The fourth-order valence-corrected chi connectivity index (χ4v) is 3.01. The van der Waals surface area contributed by atoms with Gasteiger partial charge in [0.1, 0.15) is 10.5 Å². The minimum atomic E-state index is 0.0773. The van der Waals surface area contributed by atoms with Crippen molar-refractivity contribution in [3.63, 3.8) is 0 Å². The molecule has 1 aromatic carbocycles. The van der Waals surface area contributed by atoms with Gasteiger partial charge in [-0.3, -0.25) is 9.36 Å². The second kappa shape index (κ2) is 4.97. The molecule has 96 valence electrons. The van der Waals surface area contributed by atoms with E-state index >= 15 is 0 Å². The van der Waals surface area contributed by atoms with Crippen LogP contribution in [0.1, 0.15) is 18.3 Å². The summed E-state index contributed by atoms with van der Waals surface area (Å²) in [5.41, 5.74) is 2.06. The number of hydrogen-bond acceptors (Lipinski definition) is 3. The summed E-state index contributed by atoms with van der Waals surface area (Å²) in [6.45, 7) is 2.64. The van der Waals surface area contributed by atoms with Gasteiger partial charge in [0.05, 0.1) is 5.52 Å². The third kappa shape index (κ3) is 2.19. The first-order valence-electron chi connectivity index (χ1n) is 6.30. The van der Waals surface area contributed by atoms with E-state index < -0.39 is 0 Å². The highest BCUT2D eigenvalue weighted by Crippen LogP contribution is 2.16. The molecule has 0 amide bonds. The Morgan fingerprint density at radius 2 is 2.00 bits per heavy atom. The van der Waals surface area contributed by atoms with Crippen LogP contribution in [0.5, 0.6) is 0 Å². The Balaban J connectivity index is 2.14. The van der Waals surface area contributed by atoms with E-state index in [4.69, 9.17) is 0 Å². The third-order valence-corrected chi connectivity index (χ3v) is 4.06. The van der Waals surface area contributed by atoms with Crippen LogP contribution < -0.4 is 5.56 Å². The van der Waals surface area contributed by atoms with Gasteiger partial charge in [-0.1, -0.05) is 30.3 Å². The number of thiophene rings is 1. The summed E-state index contributed by atoms with van der Waals surface area (Å²) < 4.78 is 2.52. The number of benzene rings is 1. The Kier molecular flexibility index (Phi) is 3.17. The molecule has 3 aromatic rings. The Bertz CT molecular complexity index is 759. The van der Waals surface area contributed by atoms with E-state index in [2.05, 4.69) is 17.1 Å². The molecule has 0 bridgehead atoms. The third-order valence-electron chi connectivity index (χ3n) is 3.17. The van der Waals surface area contributed by atoms with Crippen LogP contribution in [-0.4, -0.2) is 9.55 Å². The van der Waals surface area contributed by atoms with Gasteiger partial charge in [0.15, 0.2) is 0 Å². The Hall–Kier alpha value is -1.94. The maximum absolute atomic E-state index is 12.4. The number of nitrogens with zero attached hydrogens (tertiary/aromatic N) is 2. The van der Waals surface area contributed by atoms with Gasteiger partial charge in [-0.2, -0.15) is 0 Å². The van der Waals surface area contributed by atoms with Crippen LogP contribution in [0.4, 0.5) is 0 Å². The number of rotatable bonds is 3. The first-order valence-corrected chi connectivity index (χ1v) is 7.18. The highest BCUT2D eigenvalue weighted by molar-refractivity contribution is 7.17. The largest absolute Gasteiger partial charge is 0.295 e. The number of fused-ring (bicyclic) bond motifs is 1. The zero-order chi connectivity index (χ0) is 13.2. The molecule has 0 saturated carbocycles. The van der Waals surface area contributed by atoms with Gasteiger partial charge in [0.2, 0.25) is 0 Å². The average molecular weight is 270 g/mol. The maximum atomic E-state index is 12.4. The molecule has 0 spiro atoms. The zero-order valence-corrected chi connectivity index (χ0v) is 11.5. The van der Waals surface area contributed by atoms with E-state index in [1.165, 1.54) is 16.9 Å². The van der Waals surface area contributed by atoms with Gasteiger partial charge in [-0.25, -0.2) is 4.98 Å². The monoisotopic (exact) mass is 270 g/mol. The minimum absolute atomic E-state index is 0.0773. The summed E-state index contributed by atoms with van der Waals surface area (Å²) in [6.07, 6.45) is 0.690. The van der Waals surface area contributed by atoms with Crippen LogP contribution in [0.25, 0.3) is 10.2 Å². The summed E-state index contributed by atoms with van der Waals surface area (Å²) in [7, 11) is 0. The van der Waals surface area contributed by atoms with Crippen molar-refractivity contribution < 1.29 is 0 Å². The van der Waals surface area contributed by atoms with E-state index in [1.807, 2.05) is 36.6 Å². The Morgan fingerprint density at radius 3 is 2.74 bits per heavy atom. The van der Waals surface area contributed by atoms with Crippen molar-refractivity contribution in [1.82, 2.24) is 9.55 Å². The molecule has 0 saturated heterocycles. The lowest BCUT2D eigenvalue weighted by Gasteiger charge is -2.10. The molecule has 0 unspecified atom stereocenters. The van der Waals surface area contributed by atoms with Crippen LogP contribution in [0.2, 0.25) is 0 Å². The van der Waals surface area contributed by atoms with Gasteiger partial charge in [-0.05, 0) is 23.9 Å². The van der Waals surface area contributed by atoms with E-state index in [9.17, 15) is 4.79 Å². The van der Waals surface area contributed by atoms with Gasteiger partial charge < -0.3 is 0 Å². The first kappa shape index (κ1) is 12.1. The molecule has 0 aliphatic carbocycles. The highest BCUT2D eigenvalue weighted by Gasteiger charge is 2.11. The maximum Gasteiger partial charge on any atom is 0.271 e. The minimum Gasteiger partial charge on any atom is -0.295 e. The molecule has 0 radical (unpaired) electrons.